The van der Waals surface area contributed by atoms with E-state index < -0.39 is 0 Å². The number of carbonyl (C=O) groups is 1. The molecule has 0 aromatic heterocycles. The third-order valence-electron chi connectivity index (χ3n) is 3.80. The van der Waals surface area contributed by atoms with E-state index in [4.69, 9.17) is 11.6 Å². The lowest BCUT2D eigenvalue weighted by Crippen LogP contribution is -2.53. The van der Waals surface area contributed by atoms with Crippen LogP contribution >= 0.6 is 23.4 Å². The van der Waals surface area contributed by atoms with E-state index in [-0.39, 0.29) is 11.9 Å². The number of thioether (sulfide) groups is 1. The predicted molar refractivity (Wildman–Crippen MR) is 84.5 cm³/mol. The van der Waals surface area contributed by atoms with E-state index in [2.05, 4.69) is 10.2 Å². The Hall–Kier alpha value is -0.910. The second-order valence-corrected chi connectivity index (χ2v) is 6.47. The van der Waals surface area contributed by atoms with Crippen LogP contribution in [-0.4, -0.2) is 54.7 Å². The number of hydrogen-bond donors (Lipinski definition) is 1. The van der Waals surface area contributed by atoms with Crippen molar-refractivity contribution in [2.75, 3.05) is 42.7 Å². The highest BCUT2D eigenvalue weighted by atomic mass is 35.5. The molecule has 0 radical (unpaired) electrons. The molecule has 2 aliphatic heterocycles. The van der Waals surface area contributed by atoms with E-state index in [1.807, 2.05) is 29.2 Å². The van der Waals surface area contributed by atoms with E-state index in [0.29, 0.717) is 0 Å². The summed E-state index contributed by atoms with van der Waals surface area (Å²) in [5.41, 5.74) is 1.07. The number of amides is 1. The van der Waals surface area contributed by atoms with Gasteiger partial charge in [0.1, 0.15) is 0 Å². The molecule has 6 heteroatoms. The zero-order chi connectivity index (χ0) is 13.9. The van der Waals surface area contributed by atoms with Crippen LogP contribution in [0.15, 0.2) is 24.3 Å². The maximum atomic E-state index is 12.3. The number of benzene rings is 1. The lowest BCUT2D eigenvalue weighted by molar-refractivity contribution is -0.132. The molecule has 0 bridgehead atoms. The van der Waals surface area contributed by atoms with E-state index >= 15 is 0 Å². The van der Waals surface area contributed by atoms with Crippen molar-refractivity contribution in [3.8, 4) is 0 Å². The number of para-hydroxylation sites is 1. The van der Waals surface area contributed by atoms with Crippen LogP contribution in [0.5, 0.6) is 0 Å². The summed E-state index contributed by atoms with van der Waals surface area (Å²) in [4.78, 5) is 16.5. The van der Waals surface area contributed by atoms with Crippen LogP contribution in [0.3, 0.4) is 0 Å². The number of anilines is 1. The van der Waals surface area contributed by atoms with Gasteiger partial charge in [-0.1, -0.05) is 23.7 Å². The molecule has 3 rings (SSSR count). The van der Waals surface area contributed by atoms with Crippen LogP contribution in [-0.2, 0) is 4.79 Å². The van der Waals surface area contributed by atoms with Crippen LogP contribution in [0.1, 0.15) is 0 Å². The van der Waals surface area contributed by atoms with Crippen molar-refractivity contribution in [2.45, 2.75) is 6.04 Å². The molecule has 1 aromatic carbocycles. The first-order valence-corrected chi connectivity index (χ1v) is 8.38. The van der Waals surface area contributed by atoms with Crippen LogP contribution in [0.25, 0.3) is 0 Å². The van der Waals surface area contributed by atoms with Gasteiger partial charge in [0.05, 0.1) is 16.8 Å². The summed E-state index contributed by atoms with van der Waals surface area (Å²) >= 11 is 8.01. The molecule has 2 aliphatic rings. The van der Waals surface area contributed by atoms with E-state index in [9.17, 15) is 4.79 Å². The smallest absolute Gasteiger partial charge is 0.240 e. The molecule has 1 N–H and O–H groups in total. The monoisotopic (exact) mass is 311 g/mol. The number of nitrogens with one attached hydrogen (secondary N) is 1. The van der Waals surface area contributed by atoms with Crippen molar-refractivity contribution in [1.29, 1.82) is 0 Å². The highest BCUT2D eigenvalue weighted by Crippen LogP contribution is 2.26. The minimum absolute atomic E-state index is 0.00635. The lowest BCUT2D eigenvalue weighted by Gasteiger charge is -2.37. The minimum Gasteiger partial charge on any atom is -0.367 e. The van der Waals surface area contributed by atoms with Gasteiger partial charge in [0.15, 0.2) is 0 Å². The Morgan fingerprint density at radius 3 is 2.65 bits per heavy atom. The molecule has 1 atom stereocenters. The normalized spacial score (nSPS) is 23.1. The summed E-state index contributed by atoms with van der Waals surface area (Å²) in [7, 11) is 0. The third-order valence-corrected chi connectivity index (χ3v) is 5.06. The number of piperazine rings is 1. The summed E-state index contributed by atoms with van der Waals surface area (Å²) in [5.74, 6) is 2.02. The predicted octanol–water partition coefficient (Wildman–Crippen LogP) is 1.65. The van der Waals surface area contributed by atoms with Crippen LogP contribution in [0.4, 0.5) is 5.69 Å². The largest absolute Gasteiger partial charge is 0.367 e. The quantitative estimate of drug-likeness (QED) is 0.901. The fraction of sp³-hybridized carbons (Fsp3) is 0.500. The Morgan fingerprint density at radius 2 is 2.00 bits per heavy atom. The second-order valence-electron chi connectivity index (χ2n) is 5.04. The van der Waals surface area contributed by atoms with Gasteiger partial charge in [-0.05, 0) is 12.1 Å². The molecular weight excluding hydrogens is 294 g/mol. The van der Waals surface area contributed by atoms with Crippen molar-refractivity contribution in [2.24, 2.45) is 0 Å². The van der Waals surface area contributed by atoms with Crippen molar-refractivity contribution < 1.29 is 4.79 Å². The molecule has 0 aliphatic carbocycles. The molecule has 4 nitrogen and oxygen atoms in total. The Bertz CT molecular complexity index is 485. The molecule has 1 unspecified atom stereocenters. The standard InChI is InChI=1S/C14H18ClN3OS/c15-11-3-1-2-4-13(11)17-5-7-18(8-6-17)14(19)12-9-20-10-16-12/h1-4,12,16H,5-10H2. The summed E-state index contributed by atoms with van der Waals surface area (Å²) < 4.78 is 0. The van der Waals surface area contributed by atoms with Crippen molar-refractivity contribution in [3.05, 3.63) is 29.3 Å². The van der Waals surface area contributed by atoms with E-state index in [1.165, 1.54) is 0 Å². The fourth-order valence-corrected chi connectivity index (χ4v) is 3.84. The van der Waals surface area contributed by atoms with Crippen LogP contribution in [0, 0.1) is 0 Å². The average Bonchev–Trinajstić information content (AvgIpc) is 3.01. The molecular formula is C14H18ClN3OS. The number of halogens is 1. The summed E-state index contributed by atoms with van der Waals surface area (Å²) in [6.07, 6.45) is 0. The fourth-order valence-electron chi connectivity index (χ4n) is 2.65. The highest BCUT2D eigenvalue weighted by molar-refractivity contribution is 7.99. The highest BCUT2D eigenvalue weighted by Gasteiger charge is 2.29. The van der Waals surface area contributed by atoms with Gasteiger partial charge in [-0.15, -0.1) is 11.8 Å². The zero-order valence-corrected chi connectivity index (χ0v) is 12.8. The van der Waals surface area contributed by atoms with Gasteiger partial charge in [-0.3, -0.25) is 10.1 Å². The SMILES string of the molecule is O=C(C1CSCN1)N1CCN(c2ccccc2Cl)CC1. The molecule has 2 heterocycles. The molecule has 1 amide bonds. The summed E-state index contributed by atoms with van der Waals surface area (Å²) in [6.45, 7) is 3.23. The van der Waals surface area contributed by atoms with Crippen LogP contribution in [0.2, 0.25) is 5.02 Å². The second kappa shape index (κ2) is 6.24. The molecule has 2 fully saturated rings. The van der Waals surface area contributed by atoms with Gasteiger partial charge >= 0.3 is 0 Å². The maximum absolute atomic E-state index is 12.3. The lowest BCUT2D eigenvalue weighted by atomic mass is 10.2. The molecule has 20 heavy (non-hydrogen) atoms. The Labute approximate surface area is 128 Å². The van der Waals surface area contributed by atoms with Gasteiger partial charge in [0.25, 0.3) is 0 Å². The molecule has 1 aromatic rings. The first-order chi connectivity index (χ1) is 9.75. The van der Waals surface area contributed by atoms with Gasteiger partial charge in [-0.2, -0.15) is 0 Å². The third kappa shape index (κ3) is 2.90. The number of rotatable bonds is 2. The first-order valence-electron chi connectivity index (χ1n) is 6.85. The molecule has 0 spiro atoms. The minimum atomic E-state index is 0.00635. The first kappa shape index (κ1) is 14.0. The van der Waals surface area contributed by atoms with Crippen LogP contribution < -0.4 is 10.2 Å². The van der Waals surface area contributed by atoms with E-state index in [0.717, 1.165) is 48.5 Å². The Kier molecular flexibility index (Phi) is 4.38. The van der Waals surface area contributed by atoms with Gasteiger partial charge in [-0.25, -0.2) is 0 Å². The molecule has 2 saturated heterocycles. The maximum Gasteiger partial charge on any atom is 0.240 e. The average molecular weight is 312 g/mol. The number of nitrogens with zero attached hydrogens (tertiary/aromatic N) is 2. The van der Waals surface area contributed by atoms with E-state index in [1.54, 1.807) is 11.8 Å². The Morgan fingerprint density at radius 1 is 1.25 bits per heavy atom. The van der Waals surface area contributed by atoms with Crippen molar-refractivity contribution >= 4 is 35.0 Å². The zero-order valence-electron chi connectivity index (χ0n) is 11.2. The number of carbonyl (C=O) groups excluding carboxylic acids is 1. The Balaban J connectivity index is 1.59. The summed E-state index contributed by atoms with van der Waals surface area (Å²) in [5, 5.41) is 4.02. The molecule has 108 valence electrons. The van der Waals surface area contributed by atoms with Crippen molar-refractivity contribution in [3.63, 3.8) is 0 Å². The number of hydrogen-bond acceptors (Lipinski definition) is 4. The van der Waals surface area contributed by atoms with Gasteiger partial charge < -0.3 is 9.80 Å². The topological polar surface area (TPSA) is 35.6 Å². The van der Waals surface area contributed by atoms with Gasteiger partial charge in [0.2, 0.25) is 5.91 Å². The van der Waals surface area contributed by atoms with Crippen molar-refractivity contribution in [1.82, 2.24) is 10.2 Å². The summed E-state index contributed by atoms with van der Waals surface area (Å²) in [6, 6.07) is 7.89. The van der Waals surface area contributed by atoms with Gasteiger partial charge in [0, 0.05) is 37.8 Å². The molecule has 0 saturated carbocycles.